The summed E-state index contributed by atoms with van der Waals surface area (Å²) >= 11 is 11.7. The highest BCUT2D eigenvalue weighted by Crippen LogP contribution is 2.23. The Labute approximate surface area is 136 Å². The second-order valence-corrected chi connectivity index (χ2v) is 6.98. The van der Waals surface area contributed by atoms with Crippen LogP contribution in [0.3, 0.4) is 0 Å². The van der Waals surface area contributed by atoms with E-state index < -0.39 is 10.8 Å². The first-order valence-corrected chi connectivity index (χ1v) is 8.59. The largest absolute Gasteiger partial charge is 0.293 e. The van der Waals surface area contributed by atoms with E-state index in [-0.39, 0.29) is 11.5 Å². The molecule has 0 aliphatic carbocycles. The Morgan fingerprint density at radius 3 is 2.48 bits per heavy atom. The van der Waals surface area contributed by atoms with Crippen LogP contribution in [0.5, 0.6) is 0 Å². The fraction of sp³-hybridized carbons (Fsp3) is 0.188. The fourth-order valence-electron chi connectivity index (χ4n) is 1.90. The average molecular weight is 341 g/mol. The summed E-state index contributed by atoms with van der Waals surface area (Å²) in [7, 11) is -1.25. The number of aryl methyl sites for hydroxylation is 1. The SMILES string of the molecule is Cc1ccccc1CS(=O)CC(=O)c1ccc(Cl)c(Cl)c1. The van der Waals surface area contributed by atoms with Crippen molar-refractivity contribution in [3.05, 3.63) is 69.2 Å². The van der Waals surface area contributed by atoms with Crippen LogP contribution in [0.25, 0.3) is 0 Å². The quantitative estimate of drug-likeness (QED) is 0.754. The minimum atomic E-state index is -1.25. The number of hydrogen-bond acceptors (Lipinski definition) is 2. The number of Topliss-reactive ketones (excluding diaryl/α,β-unsaturated/α-hetero) is 1. The third-order valence-electron chi connectivity index (χ3n) is 3.11. The normalized spacial score (nSPS) is 12.1. The van der Waals surface area contributed by atoms with Crippen LogP contribution >= 0.6 is 23.2 Å². The molecule has 2 rings (SSSR count). The van der Waals surface area contributed by atoms with Gasteiger partial charge >= 0.3 is 0 Å². The standard InChI is InChI=1S/C16H14Cl2O2S/c1-11-4-2-3-5-13(11)9-21(20)10-16(19)12-6-7-14(17)15(18)8-12/h2-8H,9-10H2,1H3. The number of carbonyl (C=O) groups excluding carboxylic acids is 1. The molecular weight excluding hydrogens is 327 g/mol. The van der Waals surface area contributed by atoms with Crippen molar-refractivity contribution >= 4 is 39.8 Å². The van der Waals surface area contributed by atoms with E-state index in [1.165, 1.54) is 6.07 Å². The smallest absolute Gasteiger partial charge is 0.175 e. The predicted octanol–water partition coefficient (Wildman–Crippen LogP) is 4.43. The molecule has 0 heterocycles. The Bertz CT molecular complexity index is 698. The van der Waals surface area contributed by atoms with Crippen molar-refractivity contribution in [3.63, 3.8) is 0 Å². The maximum absolute atomic E-state index is 12.1. The van der Waals surface area contributed by atoms with Crippen LogP contribution in [0.4, 0.5) is 0 Å². The average Bonchev–Trinajstić information content (AvgIpc) is 2.44. The third-order valence-corrected chi connectivity index (χ3v) is 5.07. The van der Waals surface area contributed by atoms with Crippen molar-refractivity contribution in [2.24, 2.45) is 0 Å². The molecule has 2 aromatic rings. The molecule has 0 spiro atoms. The maximum Gasteiger partial charge on any atom is 0.175 e. The van der Waals surface area contributed by atoms with E-state index in [1.54, 1.807) is 12.1 Å². The van der Waals surface area contributed by atoms with Gasteiger partial charge in [-0.25, -0.2) is 0 Å². The van der Waals surface area contributed by atoms with Gasteiger partial charge < -0.3 is 0 Å². The molecule has 0 aliphatic heterocycles. The van der Waals surface area contributed by atoms with Gasteiger partial charge in [0.2, 0.25) is 0 Å². The molecule has 1 unspecified atom stereocenters. The summed E-state index contributed by atoms with van der Waals surface area (Å²) in [5.74, 6) is 0.159. The molecule has 0 bridgehead atoms. The minimum absolute atomic E-state index is 0.0215. The summed E-state index contributed by atoms with van der Waals surface area (Å²) in [5.41, 5.74) is 2.51. The van der Waals surface area contributed by atoms with Crippen LogP contribution < -0.4 is 0 Å². The van der Waals surface area contributed by atoms with Gasteiger partial charge in [-0.05, 0) is 36.2 Å². The molecule has 21 heavy (non-hydrogen) atoms. The highest BCUT2D eigenvalue weighted by Gasteiger charge is 2.13. The molecule has 0 saturated carbocycles. The Balaban J connectivity index is 2.04. The number of hydrogen-bond donors (Lipinski definition) is 0. The molecule has 2 aromatic carbocycles. The number of ketones is 1. The van der Waals surface area contributed by atoms with E-state index in [9.17, 15) is 9.00 Å². The van der Waals surface area contributed by atoms with Gasteiger partial charge in [-0.2, -0.15) is 0 Å². The molecule has 0 radical (unpaired) electrons. The molecule has 110 valence electrons. The van der Waals surface area contributed by atoms with E-state index in [4.69, 9.17) is 23.2 Å². The van der Waals surface area contributed by atoms with Crippen molar-refractivity contribution in [3.8, 4) is 0 Å². The molecule has 0 aromatic heterocycles. The van der Waals surface area contributed by atoms with Gasteiger partial charge in [0.1, 0.15) is 0 Å². The zero-order valence-corrected chi connectivity index (χ0v) is 13.8. The first-order chi connectivity index (χ1) is 9.97. The molecule has 0 saturated heterocycles. The van der Waals surface area contributed by atoms with Crippen LogP contribution in [-0.2, 0) is 16.6 Å². The third kappa shape index (κ3) is 4.40. The number of rotatable bonds is 5. The zero-order chi connectivity index (χ0) is 15.4. The number of halogens is 2. The van der Waals surface area contributed by atoms with Gasteiger partial charge in [-0.15, -0.1) is 0 Å². The Morgan fingerprint density at radius 2 is 1.81 bits per heavy atom. The molecule has 0 N–H and O–H groups in total. The van der Waals surface area contributed by atoms with Crippen LogP contribution in [0.15, 0.2) is 42.5 Å². The number of benzene rings is 2. The van der Waals surface area contributed by atoms with Crippen molar-refractivity contribution in [1.82, 2.24) is 0 Å². The van der Waals surface area contributed by atoms with Crippen LogP contribution in [0.2, 0.25) is 10.0 Å². The zero-order valence-electron chi connectivity index (χ0n) is 11.4. The highest BCUT2D eigenvalue weighted by atomic mass is 35.5. The molecule has 5 heteroatoms. The topological polar surface area (TPSA) is 34.1 Å². The second-order valence-electron chi connectivity index (χ2n) is 4.71. The van der Waals surface area contributed by atoms with Crippen molar-refractivity contribution in [1.29, 1.82) is 0 Å². The van der Waals surface area contributed by atoms with Gasteiger partial charge in [0.25, 0.3) is 0 Å². The van der Waals surface area contributed by atoms with Gasteiger partial charge in [0, 0.05) is 22.1 Å². The van der Waals surface area contributed by atoms with Crippen LogP contribution in [0.1, 0.15) is 21.5 Å². The summed E-state index contributed by atoms with van der Waals surface area (Å²) in [6.45, 7) is 1.97. The van der Waals surface area contributed by atoms with E-state index >= 15 is 0 Å². The van der Waals surface area contributed by atoms with Gasteiger partial charge in [0.05, 0.1) is 15.8 Å². The van der Waals surface area contributed by atoms with E-state index in [1.807, 2.05) is 31.2 Å². The maximum atomic E-state index is 12.1. The lowest BCUT2D eigenvalue weighted by Crippen LogP contribution is -2.12. The van der Waals surface area contributed by atoms with E-state index in [0.717, 1.165) is 11.1 Å². The first-order valence-electron chi connectivity index (χ1n) is 6.35. The van der Waals surface area contributed by atoms with Crippen molar-refractivity contribution < 1.29 is 9.00 Å². The lowest BCUT2D eigenvalue weighted by molar-refractivity contribution is 0.102. The lowest BCUT2D eigenvalue weighted by atomic mass is 10.1. The van der Waals surface area contributed by atoms with Gasteiger partial charge in [0.15, 0.2) is 5.78 Å². The lowest BCUT2D eigenvalue weighted by Gasteiger charge is -2.06. The summed E-state index contributed by atoms with van der Waals surface area (Å²) in [5, 5.41) is 0.724. The Hall–Kier alpha value is -1.16. The van der Waals surface area contributed by atoms with Crippen LogP contribution in [0, 0.1) is 6.92 Å². The number of carbonyl (C=O) groups is 1. The predicted molar refractivity (Wildman–Crippen MR) is 88.7 cm³/mol. The monoisotopic (exact) mass is 340 g/mol. The summed E-state index contributed by atoms with van der Waals surface area (Å²) in [6.07, 6.45) is 0. The second kappa shape index (κ2) is 7.21. The van der Waals surface area contributed by atoms with E-state index in [0.29, 0.717) is 21.4 Å². The minimum Gasteiger partial charge on any atom is -0.293 e. The molecule has 0 aliphatic rings. The molecule has 2 nitrogen and oxygen atoms in total. The highest BCUT2D eigenvalue weighted by molar-refractivity contribution is 7.85. The Morgan fingerprint density at radius 1 is 1.10 bits per heavy atom. The summed E-state index contributed by atoms with van der Waals surface area (Å²) < 4.78 is 12.1. The molecule has 0 fully saturated rings. The van der Waals surface area contributed by atoms with Crippen molar-refractivity contribution in [2.75, 3.05) is 5.75 Å². The van der Waals surface area contributed by atoms with Crippen molar-refractivity contribution in [2.45, 2.75) is 12.7 Å². The van der Waals surface area contributed by atoms with E-state index in [2.05, 4.69) is 0 Å². The van der Waals surface area contributed by atoms with Gasteiger partial charge in [-0.1, -0.05) is 47.5 Å². The molecular formula is C16H14Cl2O2S. The Kier molecular flexibility index (Phi) is 5.57. The van der Waals surface area contributed by atoms with Gasteiger partial charge in [-0.3, -0.25) is 9.00 Å². The van der Waals surface area contributed by atoms with Crippen LogP contribution in [-0.4, -0.2) is 15.7 Å². The summed E-state index contributed by atoms with van der Waals surface area (Å²) in [6, 6.07) is 12.4. The summed E-state index contributed by atoms with van der Waals surface area (Å²) in [4.78, 5) is 12.1. The molecule has 0 amide bonds. The first kappa shape index (κ1) is 16.2. The fourth-order valence-corrected chi connectivity index (χ4v) is 3.43. The molecule has 1 atom stereocenters.